The van der Waals surface area contributed by atoms with Gasteiger partial charge in [0.05, 0.1) is 5.92 Å². The van der Waals surface area contributed by atoms with E-state index in [4.69, 9.17) is 28.1 Å². The van der Waals surface area contributed by atoms with E-state index in [0.29, 0.717) is 28.8 Å². The van der Waals surface area contributed by atoms with Gasteiger partial charge in [-0.25, -0.2) is 9.59 Å². The predicted octanol–water partition coefficient (Wildman–Crippen LogP) is 9.81. The molecule has 1 aliphatic heterocycles. The van der Waals surface area contributed by atoms with Crippen molar-refractivity contribution in [3.8, 4) is 23.0 Å². The molecule has 5 aromatic rings. The number of benzene rings is 4. The van der Waals surface area contributed by atoms with E-state index in [9.17, 15) is 9.59 Å². The summed E-state index contributed by atoms with van der Waals surface area (Å²) >= 11 is 0. The van der Waals surface area contributed by atoms with Gasteiger partial charge in [0.25, 0.3) is 0 Å². The minimum absolute atomic E-state index is 0.339. The molecule has 0 amide bonds. The summed E-state index contributed by atoms with van der Waals surface area (Å²) in [6.07, 6.45) is -1.57. The Kier molecular flexibility index (Phi) is 7.03. The molecule has 2 heterocycles. The van der Waals surface area contributed by atoms with Crippen LogP contribution in [0.1, 0.15) is 70.1 Å². The first kappa shape index (κ1) is 29.1. The Morgan fingerprint density at radius 2 is 1.09 bits per heavy atom. The third-order valence-corrected chi connectivity index (χ3v) is 7.01. The highest BCUT2D eigenvalue weighted by molar-refractivity contribution is 5.96. The smallest absolute Gasteiger partial charge is 0.465 e. The molecule has 0 saturated heterocycles. The lowest BCUT2D eigenvalue weighted by molar-refractivity contribution is 0.0193. The van der Waals surface area contributed by atoms with Crippen molar-refractivity contribution in [3.63, 3.8) is 0 Å². The van der Waals surface area contributed by atoms with Gasteiger partial charge in [0, 0.05) is 11.1 Å². The van der Waals surface area contributed by atoms with E-state index in [-0.39, 0.29) is 0 Å². The summed E-state index contributed by atoms with van der Waals surface area (Å²) in [5.74, 6) is 3.06. The number of fused-ring (bicyclic) bond motifs is 6. The molecular formula is C36H34O8. The molecule has 8 heteroatoms. The first-order chi connectivity index (χ1) is 20.7. The van der Waals surface area contributed by atoms with Crippen molar-refractivity contribution in [2.24, 2.45) is 0 Å². The Labute approximate surface area is 255 Å². The lowest BCUT2D eigenvalue weighted by Crippen LogP contribution is -2.26. The topological polar surface area (TPSA) is 93.4 Å². The van der Waals surface area contributed by atoms with Crippen molar-refractivity contribution in [1.29, 1.82) is 0 Å². The zero-order valence-electron chi connectivity index (χ0n) is 25.8. The van der Waals surface area contributed by atoms with Crippen LogP contribution < -0.4 is 14.2 Å². The SMILES string of the molecule is Cc1ccc(C2c3c(ccc4ccc(OC(=O)OC(C)(C)C)cc34)Oc3ccc4ccc(OC(=O)OC(C)(C)C)cc4c32)o1. The van der Waals surface area contributed by atoms with E-state index >= 15 is 0 Å². The van der Waals surface area contributed by atoms with E-state index in [1.165, 1.54) is 0 Å². The Morgan fingerprint density at radius 3 is 1.50 bits per heavy atom. The Hall–Kier alpha value is -4.98. The fourth-order valence-corrected chi connectivity index (χ4v) is 5.39. The van der Waals surface area contributed by atoms with Crippen molar-refractivity contribution >= 4 is 33.9 Å². The van der Waals surface area contributed by atoms with Gasteiger partial charge in [-0.1, -0.05) is 24.3 Å². The van der Waals surface area contributed by atoms with Crippen LogP contribution in [0.5, 0.6) is 23.0 Å². The highest BCUT2D eigenvalue weighted by Crippen LogP contribution is 2.53. The first-order valence-electron chi connectivity index (χ1n) is 14.4. The van der Waals surface area contributed by atoms with Crippen molar-refractivity contribution < 1.29 is 37.7 Å². The number of rotatable bonds is 3. The third kappa shape index (κ3) is 5.93. The van der Waals surface area contributed by atoms with Gasteiger partial charge in [-0.05, 0) is 119 Å². The Balaban J connectivity index is 1.51. The van der Waals surface area contributed by atoms with E-state index < -0.39 is 29.4 Å². The second-order valence-corrected chi connectivity index (χ2v) is 12.8. The normalized spacial score (nSPS) is 13.2. The van der Waals surface area contributed by atoms with Crippen LogP contribution >= 0.6 is 0 Å². The van der Waals surface area contributed by atoms with Crippen LogP contribution in [-0.2, 0) is 9.47 Å². The summed E-state index contributed by atoms with van der Waals surface area (Å²) in [5, 5.41) is 3.50. The lowest BCUT2D eigenvalue weighted by Gasteiger charge is -2.30. The summed E-state index contributed by atoms with van der Waals surface area (Å²) < 4.78 is 34.7. The standard InChI is InChI=1S/C36H34O8/c1-20-8-15-29(39-20)32-30-25-18-23(40-33(37)43-35(2,3)4)13-9-21(25)11-16-27(30)42-28-17-12-22-10-14-24(19-26(22)31(28)32)41-34(38)44-36(5,6)7/h8-19,32H,1-7H3. The van der Waals surface area contributed by atoms with Crippen molar-refractivity contribution in [1.82, 2.24) is 0 Å². The van der Waals surface area contributed by atoms with Gasteiger partial charge in [-0.2, -0.15) is 0 Å². The number of aryl methyl sites for hydroxylation is 1. The van der Waals surface area contributed by atoms with Crippen LogP contribution in [-0.4, -0.2) is 23.5 Å². The maximum absolute atomic E-state index is 12.5. The second kappa shape index (κ2) is 10.6. The molecule has 6 rings (SSSR count). The van der Waals surface area contributed by atoms with Crippen molar-refractivity contribution in [3.05, 3.63) is 95.4 Å². The van der Waals surface area contributed by atoms with E-state index in [0.717, 1.165) is 38.4 Å². The molecule has 4 aromatic carbocycles. The van der Waals surface area contributed by atoms with E-state index in [1.807, 2.05) is 67.6 Å². The van der Waals surface area contributed by atoms with Crippen LogP contribution in [0.15, 0.2) is 77.2 Å². The quantitative estimate of drug-likeness (QED) is 0.148. The summed E-state index contributed by atoms with van der Waals surface area (Å²) in [6.45, 7) is 12.6. The molecule has 44 heavy (non-hydrogen) atoms. The molecule has 0 saturated carbocycles. The zero-order chi connectivity index (χ0) is 31.4. The maximum Gasteiger partial charge on any atom is 0.514 e. The molecule has 8 nitrogen and oxygen atoms in total. The minimum atomic E-state index is -0.787. The van der Waals surface area contributed by atoms with E-state index in [1.54, 1.807) is 53.7 Å². The molecule has 0 atom stereocenters. The molecule has 226 valence electrons. The van der Waals surface area contributed by atoms with E-state index in [2.05, 4.69) is 0 Å². The number of hydrogen-bond acceptors (Lipinski definition) is 8. The Morgan fingerprint density at radius 1 is 0.636 bits per heavy atom. The average Bonchev–Trinajstić information content (AvgIpc) is 3.35. The predicted molar refractivity (Wildman–Crippen MR) is 166 cm³/mol. The van der Waals surface area contributed by atoms with Gasteiger partial charge in [0.2, 0.25) is 0 Å². The molecule has 0 spiro atoms. The summed E-state index contributed by atoms with van der Waals surface area (Å²) in [7, 11) is 0. The monoisotopic (exact) mass is 594 g/mol. The van der Waals surface area contributed by atoms with Crippen LogP contribution in [0.4, 0.5) is 9.59 Å². The van der Waals surface area contributed by atoms with Gasteiger partial charge in [0.15, 0.2) is 0 Å². The number of ether oxygens (including phenoxy) is 5. The molecule has 0 aliphatic carbocycles. The van der Waals surface area contributed by atoms with Crippen LogP contribution in [0.2, 0.25) is 0 Å². The van der Waals surface area contributed by atoms with Gasteiger partial charge < -0.3 is 28.1 Å². The fraction of sp³-hybridized carbons (Fsp3) is 0.278. The number of hydrogen-bond donors (Lipinski definition) is 0. The van der Waals surface area contributed by atoms with Gasteiger partial charge in [-0.3, -0.25) is 0 Å². The lowest BCUT2D eigenvalue weighted by atomic mass is 9.81. The molecule has 1 aromatic heterocycles. The second-order valence-electron chi connectivity index (χ2n) is 12.8. The molecule has 0 bridgehead atoms. The number of furan rings is 1. The van der Waals surface area contributed by atoms with Gasteiger partial charge >= 0.3 is 12.3 Å². The molecule has 0 radical (unpaired) electrons. The third-order valence-electron chi connectivity index (χ3n) is 7.01. The van der Waals surface area contributed by atoms with Crippen molar-refractivity contribution in [2.45, 2.75) is 65.6 Å². The average molecular weight is 595 g/mol. The molecule has 1 aliphatic rings. The van der Waals surface area contributed by atoms with Crippen LogP contribution in [0, 0.1) is 6.92 Å². The van der Waals surface area contributed by atoms with Crippen molar-refractivity contribution in [2.75, 3.05) is 0 Å². The van der Waals surface area contributed by atoms with Gasteiger partial charge in [-0.15, -0.1) is 0 Å². The summed E-state index contributed by atoms with van der Waals surface area (Å²) in [4.78, 5) is 25.0. The number of carbonyl (C=O) groups excluding carboxylic acids is 2. The van der Waals surface area contributed by atoms with Gasteiger partial charge in [0.1, 0.15) is 45.7 Å². The van der Waals surface area contributed by atoms with Crippen LogP contribution in [0.3, 0.4) is 0 Å². The first-order valence-corrected chi connectivity index (χ1v) is 14.4. The number of carbonyl (C=O) groups is 2. The minimum Gasteiger partial charge on any atom is -0.465 e. The van der Waals surface area contributed by atoms with Crippen LogP contribution in [0.25, 0.3) is 21.5 Å². The largest absolute Gasteiger partial charge is 0.514 e. The summed E-state index contributed by atoms with van der Waals surface area (Å²) in [5.41, 5.74) is 0.315. The molecular weight excluding hydrogens is 560 g/mol. The Bertz CT molecular complexity index is 1800. The highest BCUT2D eigenvalue weighted by atomic mass is 16.7. The molecule has 0 fully saturated rings. The zero-order valence-corrected chi connectivity index (χ0v) is 25.8. The summed E-state index contributed by atoms with van der Waals surface area (Å²) in [6, 6.07) is 22.6. The molecule has 0 unspecified atom stereocenters. The maximum atomic E-state index is 12.5. The fourth-order valence-electron chi connectivity index (χ4n) is 5.39. The highest BCUT2D eigenvalue weighted by Gasteiger charge is 2.34. The molecule has 0 N–H and O–H groups in total.